The second kappa shape index (κ2) is 9.42. The molecule has 1 fully saturated rings. The Balaban J connectivity index is 1.31. The Bertz CT molecular complexity index is 1040. The van der Waals surface area contributed by atoms with Gasteiger partial charge in [-0.1, -0.05) is 24.2 Å². The van der Waals surface area contributed by atoms with Gasteiger partial charge in [0.1, 0.15) is 11.6 Å². The number of rotatable bonds is 6. The summed E-state index contributed by atoms with van der Waals surface area (Å²) in [4.78, 5) is 25.4. The quantitative estimate of drug-likeness (QED) is 0.568. The Morgan fingerprint density at radius 2 is 1.90 bits per heavy atom. The topological polar surface area (TPSA) is 84.6 Å². The molecule has 0 unspecified atom stereocenters. The number of ether oxygens (including phenoxy) is 1. The van der Waals surface area contributed by atoms with Gasteiger partial charge in [0, 0.05) is 50.4 Å². The number of carbonyl (C=O) groups excluding carboxylic acids is 1. The summed E-state index contributed by atoms with van der Waals surface area (Å²) in [6.45, 7) is 4.74. The van der Waals surface area contributed by atoms with E-state index in [1.165, 1.54) is 0 Å². The average molecular weight is 419 g/mol. The van der Waals surface area contributed by atoms with Crippen LogP contribution in [0.4, 0.5) is 5.82 Å². The smallest absolute Gasteiger partial charge is 0.246 e. The molecule has 8 heteroatoms. The summed E-state index contributed by atoms with van der Waals surface area (Å²) >= 11 is 0. The van der Waals surface area contributed by atoms with Gasteiger partial charge in [0.25, 0.3) is 0 Å². The van der Waals surface area contributed by atoms with Crippen LogP contribution in [0.3, 0.4) is 0 Å². The van der Waals surface area contributed by atoms with Crippen LogP contribution in [0.2, 0.25) is 0 Å². The van der Waals surface area contributed by atoms with Gasteiger partial charge in [0.15, 0.2) is 0 Å². The molecule has 0 aliphatic carbocycles. The van der Waals surface area contributed by atoms with Crippen molar-refractivity contribution in [3.8, 4) is 17.1 Å². The maximum absolute atomic E-state index is 12.5. The van der Waals surface area contributed by atoms with Crippen LogP contribution in [-0.4, -0.2) is 59.2 Å². The van der Waals surface area contributed by atoms with E-state index in [1.807, 2.05) is 54.3 Å². The van der Waals surface area contributed by atoms with Crippen molar-refractivity contribution >= 4 is 17.8 Å². The molecule has 4 rings (SSSR count). The minimum Gasteiger partial charge on any atom is -0.497 e. The van der Waals surface area contributed by atoms with E-state index >= 15 is 0 Å². The lowest BCUT2D eigenvalue weighted by molar-refractivity contribution is -0.126. The molecule has 1 aromatic carbocycles. The lowest BCUT2D eigenvalue weighted by Crippen LogP contribution is -2.48. The number of amides is 1. The molecule has 0 radical (unpaired) electrons. The molecule has 1 aliphatic heterocycles. The molecule has 0 spiro atoms. The molecule has 1 amide bonds. The molecule has 2 aromatic heterocycles. The van der Waals surface area contributed by atoms with E-state index in [2.05, 4.69) is 20.0 Å². The number of benzene rings is 1. The number of piperazine rings is 1. The Hall–Kier alpha value is -3.68. The summed E-state index contributed by atoms with van der Waals surface area (Å²) in [6, 6.07) is 11.5. The van der Waals surface area contributed by atoms with Gasteiger partial charge in [-0.2, -0.15) is 4.98 Å². The maximum Gasteiger partial charge on any atom is 0.246 e. The highest BCUT2D eigenvalue weighted by molar-refractivity contribution is 5.92. The summed E-state index contributed by atoms with van der Waals surface area (Å²) in [6.07, 6.45) is 5.92. The largest absolute Gasteiger partial charge is 0.497 e. The van der Waals surface area contributed by atoms with Crippen LogP contribution in [-0.2, 0) is 11.2 Å². The Kier molecular flexibility index (Phi) is 6.26. The van der Waals surface area contributed by atoms with Crippen molar-refractivity contribution in [2.24, 2.45) is 0 Å². The normalized spacial score (nSPS) is 14.3. The molecular formula is C23H25N5O3. The second-order valence-corrected chi connectivity index (χ2v) is 7.19. The number of aryl methyl sites for hydroxylation is 1. The monoisotopic (exact) mass is 419 g/mol. The molecule has 1 aliphatic rings. The van der Waals surface area contributed by atoms with Crippen LogP contribution < -0.4 is 9.64 Å². The zero-order valence-electron chi connectivity index (χ0n) is 17.7. The minimum absolute atomic E-state index is 0.0163. The zero-order chi connectivity index (χ0) is 21.6. The zero-order valence-corrected chi connectivity index (χ0v) is 17.7. The van der Waals surface area contributed by atoms with E-state index in [0.717, 1.165) is 35.8 Å². The number of pyridine rings is 1. The first-order chi connectivity index (χ1) is 15.2. The predicted octanol–water partition coefficient (Wildman–Crippen LogP) is 3.06. The van der Waals surface area contributed by atoms with Crippen LogP contribution in [0.15, 0.2) is 53.2 Å². The number of hydrogen-bond donors (Lipinski definition) is 0. The average Bonchev–Trinajstić information content (AvgIpc) is 3.32. The number of nitrogens with zero attached hydrogens (tertiary/aromatic N) is 5. The fourth-order valence-corrected chi connectivity index (χ4v) is 3.36. The van der Waals surface area contributed by atoms with E-state index in [9.17, 15) is 4.79 Å². The second-order valence-electron chi connectivity index (χ2n) is 7.19. The molecule has 160 valence electrons. The standard InChI is InChI=1S/C23H25N5O3/c1-3-21-25-23(26-31-21)18-7-10-20(24-16-18)27-12-14-28(15-13-27)22(29)11-6-17-4-8-19(30-2)9-5-17/h4-11,16H,3,12-15H2,1-2H3/b11-6-. The number of aromatic nitrogens is 3. The number of hydrogen-bond acceptors (Lipinski definition) is 7. The molecular weight excluding hydrogens is 394 g/mol. The van der Waals surface area contributed by atoms with Crippen molar-refractivity contribution in [3.63, 3.8) is 0 Å². The Labute approximate surface area is 181 Å². The molecule has 0 atom stereocenters. The summed E-state index contributed by atoms with van der Waals surface area (Å²) in [7, 11) is 1.63. The van der Waals surface area contributed by atoms with Gasteiger partial charge in [0.2, 0.25) is 17.6 Å². The number of anilines is 1. The van der Waals surface area contributed by atoms with Crippen molar-refractivity contribution in [2.75, 3.05) is 38.2 Å². The molecule has 0 saturated carbocycles. The summed E-state index contributed by atoms with van der Waals surface area (Å²) < 4.78 is 10.3. The molecule has 0 N–H and O–H groups in total. The van der Waals surface area contributed by atoms with E-state index in [-0.39, 0.29) is 5.91 Å². The summed E-state index contributed by atoms with van der Waals surface area (Å²) in [5, 5.41) is 3.98. The van der Waals surface area contributed by atoms with Gasteiger partial charge in [-0.05, 0) is 35.9 Å². The molecule has 1 saturated heterocycles. The molecule has 8 nitrogen and oxygen atoms in total. The maximum atomic E-state index is 12.5. The lowest BCUT2D eigenvalue weighted by atomic mass is 10.2. The molecule has 3 aromatic rings. The van der Waals surface area contributed by atoms with Crippen molar-refractivity contribution in [1.82, 2.24) is 20.0 Å². The Morgan fingerprint density at radius 1 is 1.13 bits per heavy atom. The SMILES string of the molecule is CCc1nc(-c2ccc(N3CCN(C(=O)/C=C\c4ccc(OC)cc4)CC3)nc2)no1. The van der Waals surface area contributed by atoms with Gasteiger partial charge < -0.3 is 19.1 Å². The van der Waals surface area contributed by atoms with Crippen LogP contribution in [0, 0.1) is 0 Å². The fraction of sp³-hybridized carbons (Fsp3) is 0.304. The van der Waals surface area contributed by atoms with E-state index < -0.39 is 0 Å². The van der Waals surface area contributed by atoms with Gasteiger partial charge >= 0.3 is 0 Å². The van der Waals surface area contributed by atoms with Gasteiger partial charge in [-0.25, -0.2) is 4.98 Å². The summed E-state index contributed by atoms with van der Waals surface area (Å²) in [5.74, 6) is 2.85. The first-order valence-corrected chi connectivity index (χ1v) is 10.3. The minimum atomic E-state index is 0.0163. The first kappa shape index (κ1) is 20.6. The van der Waals surface area contributed by atoms with Crippen LogP contribution in [0.5, 0.6) is 5.75 Å². The van der Waals surface area contributed by atoms with Crippen molar-refractivity contribution in [3.05, 3.63) is 60.1 Å². The van der Waals surface area contributed by atoms with E-state index in [0.29, 0.717) is 31.2 Å². The fourth-order valence-electron chi connectivity index (χ4n) is 3.36. The third kappa shape index (κ3) is 4.91. The molecule has 31 heavy (non-hydrogen) atoms. The van der Waals surface area contributed by atoms with Gasteiger partial charge in [0.05, 0.1) is 7.11 Å². The summed E-state index contributed by atoms with van der Waals surface area (Å²) in [5.41, 5.74) is 1.79. The van der Waals surface area contributed by atoms with E-state index in [1.54, 1.807) is 19.4 Å². The Morgan fingerprint density at radius 3 is 2.52 bits per heavy atom. The van der Waals surface area contributed by atoms with Crippen molar-refractivity contribution in [1.29, 1.82) is 0 Å². The van der Waals surface area contributed by atoms with Crippen LogP contribution in [0.25, 0.3) is 17.5 Å². The van der Waals surface area contributed by atoms with Crippen molar-refractivity contribution < 1.29 is 14.1 Å². The molecule has 0 bridgehead atoms. The van der Waals surface area contributed by atoms with Crippen LogP contribution in [0.1, 0.15) is 18.4 Å². The van der Waals surface area contributed by atoms with Gasteiger partial charge in [-0.3, -0.25) is 4.79 Å². The molecule has 3 heterocycles. The van der Waals surface area contributed by atoms with Crippen LogP contribution >= 0.6 is 0 Å². The highest BCUT2D eigenvalue weighted by atomic mass is 16.5. The highest BCUT2D eigenvalue weighted by Gasteiger charge is 2.20. The highest BCUT2D eigenvalue weighted by Crippen LogP contribution is 2.20. The predicted molar refractivity (Wildman–Crippen MR) is 118 cm³/mol. The number of methoxy groups -OCH3 is 1. The van der Waals surface area contributed by atoms with Gasteiger partial charge in [-0.15, -0.1) is 0 Å². The third-order valence-corrected chi connectivity index (χ3v) is 5.23. The third-order valence-electron chi connectivity index (χ3n) is 5.23. The van der Waals surface area contributed by atoms with E-state index in [4.69, 9.17) is 9.26 Å². The first-order valence-electron chi connectivity index (χ1n) is 10.3. The van der Waals surface area contributed by atoms with Crippen molar-refractivity contribution in [2.45, 2.75) is 13.3 Å². The lowest BCUT2D eigenvalue weighted by Gasteiger charge is -2.35. The number of carbonyl (C=O) groups is 1.